The summed E-state index contributed by atoms with van der Waals surface area (Å²) >= 11 is 6.08. The standard InChI is InChI=1S/C16H22ClN3O3/c1-11(15(21)19-16(18)22)20-8-4-5-12(9-20)10-23-14-7-3-2-6-13(14)17/h2-3,6-7,11-12H,4-5,8-10H2,1H3,(H3,18,19,21,22)/t11-,12-/m1/s1. The zero-order valence-electron chi connectivity index (χ0n) is 13.1. The van der Waals surface area contributed by atoms with Gasteiger partial charge in [-0.15, -0.1) is 0 Å². The Morgan fingerprint density at radius 1 is 1.48 bits per heavy atom. The molecular weight excluding hydrogens is 318 g/mol. The van der Waals surface area contributed by atoms with Gasteiger partial charge in [-0.1, -0.05) is 23.7 Å². The number of amides is 3. The molecule has 1 heterocycles. The summed E-state index contributed by atoms with van der Waals surface area (Å²) in [6.07, 6.45) is 2.01. The molecule has 1 aromatic carbocycles. The van der Waals surface area contributed by atoms with Crippen LogP contribution in [0.4, 0.5) is 4.79 Å². The number of imide groups is 1. The Hall–Kier alpha value is -1.79. The van der Waals surface area contributed by atoms with Gasteiger partial charge in [0.2, 0.25) is 5.91 Å². The van der Waals surface area contributed by atoms with Gasteiger partial charge < -0.3 is 10.5 Å². The van der Waals surface area contributed by atoms with Crippen molar-refractivity contribution in [2.24, 2.45) is 11.7 Å². The highest BCUT2D eigenvalue weighted by Gasteiger charge is 2.28. The van der Waals surface area contributed by atoms with E-state index in [1.54, 1.807) is 13.0 Å². The molecule has 126 valence electrons. The average Bonchev–Trinajstić information content (AvgIpc) is 2.53. The number of carbonyl (C=O) groups is 2. The van der Waals surface area contributed by atoms with Crippen LogP contribution in [0.1, 0.15) is 19.8 Å². The number of hydrogen-bond acceptors (Lipinski definition) is 4. The first-order valence-corrected chi connectivity index (χ1v) is 8.07. The molecule has 6 nitrogen and oxygen atoms in total. The Labute approximate surface area is 140 Å². The number of nitrogens with one attached hydrogen (secondary N) is 1. The molecule has 1 saturated heterocycles. The maximum absolute atomic E-state index is 11.9. The van der Waals surface area contributed by atoms with Crippen LogP contribution < -0.4 is 15.8 Å². The number of nitrogens with two attached hydrogens (primary N) is 1. The average molecular weight is 340 g/mol. The van der Waals surface area contributed by atoms with Crippen molar-refractivity contribution < 1.29 is 14.3 Å². The summed E-state index contributed by atoms with van der Waals surface area (Å²) in [5.41, 5.74) is 4.99. The summed E-state index contributed by atoms with van der Waals surface area (Å²) in [4.78, 5) is 24.7. The lowest BCUT2D eigenvalue weighted by atomic mass is 9.97. The van der Waals surface area contributed by atoms with E-state index in [-0.39, 0.29) is 5.91 Å². The van der Waals surface area contributed by atoms with Gasteiger partial charge in [0, 0.05) is 12.5 Å². The predicted molar refractivity (Wildman–Crippen MR) is 88.4 cm³/mol. The smallest absolute Gasteiger partial charge is 0.318 e. The van der Waals surface area contributed by atoms with Crippen LogP contribution in [0.5, 0.6) is 5.75 Å². The first-order chi connectivity index (χ1) is 11.0. The molecule has 0 aliphatic carbocycles. The molecule has 1 fully saturated rings. The molecule has 3 N–H and O–H groups in total. The fourth-order valence-corrected chi connectivity index (χ4v) is 2.94. The quantitative estimate of drug-likeness (QED) is 0.859. The van der Waals surface area contributed by atoms with Gasteiger partial charge in [-0.05, 0) is 38.4 Å². The number of piperidine rings is 1. The van der Waals surface area contributed by atoms with Crippen molar-refractivity contribution in [2.75, 3.05) is 19.7 Å². The summed E-state index contributed by atoms with van der Waals surface area (Å²) in [6.45, 7) is 3.87. The number of hydrogen-bond donors (Lipinski definition) is 2. The predicted octanol–water partition coefficient (Wildman–Crippen LogP) is 2.01. The highest BCUT2D eigenvalue weighted by Crippen LogP contribution is 2.25. The minimum atomic E-state index is -0.822. The molecule has 23 heavy (non-hydrogen) atoms. The van der Waals surface area contributed by atoms with Crippen LogP contribution in [0.25, 0.3) is 0 Å². The Morgan fingerprint density at radius 3 is 2.91 bits per heavy atom. The van der Waals surface area contributed by atoms with Crippen LogP contribution in [-0.4, -0.2) is 42.6 Å². The highest BCUT2D eigenvalue weighted by atomic mass is 35.5. The second kappa shape index (κ2) is 8.17. The molecule has 0 saturated carbocycles. The Bertz CT molecular complexity index is 567. The van der Waals surface area contributed by atoms with Crippen molar-refractivity contribution in [3.63, 3.8) is 0 Å². The van der Waals surface area contributed by atoms with Gasteiger partial charge in [-0.3, -0.25) is 15.0 Å². The lowest BCUT2D eigenvalue weighted by Gasteiger charge is -2.35. The van der Waals surface area contributed by atoms with E-state index in [9.17, 15) is 9.59 Å². The molecule has 3 amide bonds. The number of carbonyl (C=O) groups excluding carboxylic acids is 2. The fourth-order valence-electron chi connectivity index (χ4n) is 2.75. The number of rotatable bonds is 5. The largest absolute Gasteiger partial charge is 0.492 e. The highest BCUT2D eigenvalue weighted by molar-refractivity contribution is 6.32. The molecule has 0 bridgehead atoms. The number of ether oxygens (including phenoxy) is 1. The lowest BCUT2D eigenvalue weighted by molar-refractivity contribution is -0.125. The maximum Gasteiger partial charge on any atom is 0.318 e. The molecule has 7 heteroatoms. The molecule has 1 aliphatic rings. The zero-order chi connectivity index (χ0) is 16.8. The molecule has 0 radical (unpaired) electrons. The van der Waals surface area contributed by atoms with Crippen molar-refractivity contribution in [2.45, 2.75) is 25.8 Å². The zero-order valence-corrected chi connectivity index (χ0v) is 13.9. The van der Waals surface area contributed by atoms with Gasteiger partial charge in [-0.2, -0.15) is 0 Å². The summed E-state index contributed by atoms with van der Waals surface area (Å²) in [7, 11) is 0. The molecule has 2 atom stereocenters. The number of likely N-dealkylation sites (tertiary alicyclic amines) is 1. The van der Waals surface area contributed by atoms with Crippen molar-refractivity contribution in [3.8, 4) is 5.75 Å². The van der Waals surface area contributed by atoms with Crippen LogP contribution >= 0.6 is 11.6 Å². The SMILES string of the molecule is C[C@H](C(=O)NC(N)=O)N1CCC[C@@H](COc2ccccc2Cl)C1. The fraction of sp³-hybridized carbons (Fsp3) is 0.500. The third kappa shape index (κ3) is 5.11. The van der Waals surface area contributed by atoms with Crippen LogP contribution in [0.2, 0.25) is 5.02 Å². The molecule has 0 aromatic heterocycles. The van der Waals surface area contributed by atoms with E-state index in [1.807, 2.05) is 23.1 Å². The third-order valence-corrected chi connectivity index (χ3v) is 4.35. The molecular formula is C16H22ClN3O3. The van der Waals surface area contributed by atoms with E-state index >= 15 is 0 Å². The van der Waals surface area contributed by atoms with Crippen molar-refractivity contribution in [3.05, 3.63) is 29.3 Å². The summed E-state index contributed by atoms with van der Waals surface area (Å²) in [6, 6.07) is 6.15. The minimum absolute atomic E-state index is 0.309. The number of urea groups is 1. The van der Waals surface area contributed by atoms with Crippen LogP contribution in [0, 0.1) is 5.92 Å². The van der Waals surface area contributed by atoms with E-state index in [2.05, 4.69) is 5.32 Å². The van der Waals surface area contributed by atoms with Crippen molar-refractivity contribution in [1.82, 2.24) is 10.2 Å². The molecule has 1 aromatic rings. The van der Waals surface area contributed by atoms with Crippen molar-refractivity contribution >= 4 is 23.5 Å². The van der Waals surface area contributed by atoms with Crippen LogP contribution in [-0.2, 0) is 4.79 Å². The summed E-state index contributed by atoms with van der Waals surface area (Å²) in [5, 5.41) is 2.72. The van der Waals surface area contributed by atoms with Gasteiger partial charge in [0.05, 0.1) is 17.7 Å². The van der Waals surface area contributed by atoms with E-state index in [0.29, 0.717) is 23.3 Å². The summed E-state index contributed by atoms with van der Waals surface area (Å²) < 4.78 is 5.80. The van der Waals surface area contributed by atoms with Gasteiger partial charge in [0.15, 0.2) is 0 Å². The van der Waals surface area contributed by atoms with E-state index in [1.165, 1.54) is 0 Å². The van der Waals surface area contributed by atoms with Crippen LogP contribution in [0.3, 0.4) is 0 Å². The normalized spacial score (nSPS) is 19.8. The second-order valence-corrected chi connectivity index (χ2v) is 6.18. The van der Waals surface area contributed by atoms with Gasteiger partial charge in [0.1, 0.15) is 5.75 Å². The number of nitrogens with zero attached hydrogens (tertiary/aromatic N) is 1. The number of para-hydroxylation sites is 1. The number of halogens is 1. The molecule has 0 spiro atoms. The topological polar surface area (TPSA) is 84.7 Å². The van der Waals surface area contributed by atoms with E-state index in [0.717, 1.165) is 25.9 Å². The molecule has 0 unspecified atom stereocenters. The monoisotopic (exact) mass is 339 g/mol. The molecule has 2 rings (SSSR count). The van der Waals surface area contributed by atoms with E-state index in [4.69, 9.17) is 22.1 Å². The van der Waals surface area contributed by atoms with E-state index < -0.39 is 12.1 Å². The van der Waals surface area contributed by atoms with Gasteiger partial charge in [-0.25, -0.2) is 4.79 Å². The first-order valence-electron chi connectivity index (χ1n) is 7.69. The maximum atomic E-state index is 11.9. The Morgan fingerprint density at radius 2 is 2.22 bits per heavy atom. The van der Waals surface area contributed by atoms with Crippen molar-refractivity contribution in [1.29, 1.82) is 0 Å². The minimum Gasteiger partial charge on any atom is -0.492 e. The first kappa shape index (κ1) is 17.6. The lowest BCUT2D eigenvalue weighted by Crippen LogP contribution is -2.51. The summed E-state index contributed by atoms with van der Waals surface area (Å²) in [5.74, 6) is 0.611. The third-order valence-electron chi connectivity index (χ3n) is 4.04. The molecule has 1 aliphatic heterocycles. The Balaban J connectivity index is 1.87. The number of benzene rings is 1. The Kier molecular flexibility index (Phi) is 6.24. The van der Waals surface area contributed by atoms with Gasteiger partial charge in [0.25, 0.3) is 0 Å². The van der Waals surface area contributed by atoms with Crippen LogP contribution in [0.15, 0.2) is 24.3 Å². The van der Waals surface area contributed by atoms with Gasteiger partial charge >= 0.3 is 6.03 Å². The number of primary amides is 1. The second-order valence-electron chi connectivity index (χ2n) is 5.77.